The van der Waals surface area contributed by atoms with Gasteiger partial charge in [-0.3, -0.25) is 0 Å². The first kappa shape index (κ1) is 16.4. The molecule has 2 N–H and O–H groups in total. The van der Waals surface area contributed by atoms with Crippen molar-refractivity contribution in [1.82, 2.24) is 10.8 Å². The average Bonchev–Trinajstić information content (AvgIpc) is 2.34. The van der Waals surface area contributed by atoms with Gasteiger partial charge in [-0.05, 0) is 25.9 Å². The average molecular weight is 310 g/mol. The second kappa shape index (κ2) is 7.21. The van der Waals surface area contributed by atoms with Gasteiger partial charge in [0.25, 0.3) is 10.1 Å². The molecule has 19 heavy (non-hydrogen) atoms. The maximum Gasteiger partial charge on any atom is 0.297 e. The first-order valence-electron chi connectivity index (χ1n) is 5.86. The van der Waals surface area contributed by atoms with E-state index >= 15 is 0 Å². The zero-order valence-electron chi connectivity index (χ0n) is 10.5. The molecule has 0 amide bonds. The highest BCUT2D eigenvalue weighted by Gasteiger charge is 2.24. The van der Waals surface area contributed by atoms with Crippen molar-refractivity contribution in [3.05, 3.63) is 0 Å². The summed E-state index contributed by atoms with van der Waals surface area (Å²) >= 11 is 0. The number of sulfone groups is 1. The van der Waals surface area contributed by atoms with Gasteiger partial charge in [-0.1, -0.05) is 0 Å². The number of terminal acetylenes is 1. The standard InChI is InChI=1S/C10H18N2O5S2/c1-2-3-8-18(13,14)9-19(15,16)17-12-10-4-6-11-7-5-10/h1,10-12H,3-9H2. The molecular weight excluding hydrogens is 292 g/mol. The SMILES string of the molecule is C#CCCS(=O)(=O)CS(=O)(=O)ONC1CCNCC1. The predicted molar refractivity (Wildman–Crippen MR) is 71.1 cm³/mol. The second-order valence-corrected chi connectivity index (χ2v) is 8.42. The van der Waals surface area contributed by atoms with Crippen LogP contribution in [0.2, 0.25) is 0 Å². The first-order valence-corrected chi connectivity index (χ1v) is 9.26. The second-order valence-electron chi connectivity index (χ2n) is 4.30. The molecule has 1 fully saturated rings. The normalized spacial score (nSPS) is 18.1. The molecule has 1 heterocycles. The number of nitrogens with one attached hydrogen (secondary N) is 2. The molecule has 0 bridgehead atoms. The van der Waals surface area contributed by atoms with E-state index in [0.717, 1.165) is 25.9 Å². The Hall–Kier alpha value is -0.660. The minimum absolute atomic E-state index is 0.0143. The molecule has 1 aliphatic rings. The molecule has 0 aromatic heterocycles. The minimum Gasteiger partial charge on any atom is -0.317 e. The number of hydrogen-bond donors (Lipinski definition) is 2. The Morgan fingerprint density at radius 2 is 1.89 bits per heavy atom. The van der Waals surface area contributed by atoms with Crippen LogP contribution in [0.3, 0.4) is 0 Å². The molecule has 0 aliphatic carbocycles. The van der Waals surface area contributed by atoms with Crippen LogP contribution >= 0.6 is 0 Å². The Kier molecular flexibility index (Phi) is 6.22. The van der Waals surface area contributed by atoms with Crippen LogP contribution < -0.4 is 10.8 Å². The molecule has 0 spiro atoms. The number of rotatable bonds is 7. The molecule has 1 rings (SSSR count). The summed E-state index contributed by atoms with van der Waals surface area (Å²) in [7, 11) is -7.92. The van der Waals surface area contributed by atoms with Crippen LogP contribution in [-0.2, 0) is 24.2 Å². The molecule has 1 saturated heterocycles. The zero-order chi connectivity index (χ0) is 14.4. The van der Waals surface area contributed by atoms with E-state index in [1.165, 1.54) is 0 Å². The first-order chi connectivity index (χ1) is 8.85. The largest absolute Gasteiger partial charge is 0.317 e. The van der Waals surface area contributed by atoms with E-state index in [0.29, 0.717) is 0 Å². The van der Waals surface area contributed by atoms with Crippen molar-refractivity contribution in [3.63, 3.8) is 0 Å². The molecule has 1 aliphatic heterocycles. The summed E-state index contributed by atoms with van der Waals surface area (Å²) in [5, 5.41) is 2.06. The fourth-order valence-corrected chi connectivity index (χ4v) is 4.73. The molecule has 0 atom stereocenters. The highest BCUT2D eigenvalue weighted by atomic mass is 32.3. The third kappa shape index (κ3) is 6.89. The van der Waals surface area contributed by atoms with Gasteiger partial charge in [0, 0.05) is 12.5 Å². The summed E-state index contributed by atoms with van der Waals surface area (Å²) < 4.78 is 50.5. The van der Waals surface area contributed by atoms with Gasteiger partial charge in [-0.25, -0.2) is 8.42 Å². The monoisotopic (exact) mass is 310 g/mol. The Morgan fingerprint density at radius 1 is 1.26 bits per heavy atom. The molecule has 7 nitrogen and oxygen atoms in total. The van der Waals surface area contributed by atoms with Gasteiger partial charge in [0.2, 0.25) is 0 Å². The van der Waals surface area contributed by atoms with Gasteiger partial charge < -0.3 is 5.32 Å². The van der Waals surface area contributed by atoms with E-state index in [1.807, 2.05) is 0 Å². The van der Waals surface area contributed by atoms with Crippen LogP contribution in [-0.4, -0.2) is 46.8 Å². The summed E-state index contributed by atoms with van der Waals surface area (Å²) in [5.41, 5.74) is 2.41. The lowest BCUT2D eigenvalue weighted by molar-refractivity contribution is 0.145. The maximum atomic E-state index is 11.5. The number of hydroxylamine groups is 1. The van der Waals surface area contributed by atoms with Crippen LogP contribution in [0.1, 0.15) is 19.3 Å². The maximum absolute atomic E-state index is 11.5. The molecule has 0 saturated carbocycles. The minimum atomic E-state index is -4.16. The van der Waals surface area contributed by atoms with Crippen molar-refractivity contribution in [2.45, 2.75) is 25.3 Å². The van der Waals surface area contributed by atoms with E-state index < -0.39 is 25.0 Å². The molecule has 0 aromatic rings. The number of hydrogen-bond acceptors (Lipinski definition) is 7. The quantitative estimate of drug-likeness (QED) is 0.458. The van der Waals surface area contributed by atoms with E-state index in [9.17, 15) is 16.8 Å². The van der Waals surface area contributed by atoms with Crippen LogP contribution in [0.4, 0.5) is 0 Å². The molecular formula is C10H18N2O5S2. The fraction of sp³-hybridized carbons (Fsp3) is 0.800. The molecule has 0 radical (unpaired) electrons. The highest BCUT2D eigenvalue weighted by molar-refractivity contribution is 8.06. The summed E-state index contributed by atoms with van der Waals surface area (Å²) in [6.45, 7) is 1.53. The van der Waals surface area contributed by atoms with E-state index in [2.05, 4.69) is 21.0 Å². The van der Waals surface area contributed by atoms with Gasteiger partial charge in [-0.15, -0.1) is 12.3 Å². The Bertz CT molecular complexity index is 515. The van der Waals surface area contributed by atoms with Crippen molar-refractivity contribution < 1.29 is 21.1 Å². The highest BCUT2D eigenvalue weighted by Crippen LogP contribution is 2.05. The predicted octanol–water partition coefficient (Wildman–Crippen LogP) is -1.01. The lowest BCUT2D eigenvalue weighted by Crippen LogP contribution is -2.41. The lowest BCUT2D eigenvalue weighted by atomic mass is 10.1. The fourth-order valence-electron chi connectivity index (χ4n) is 1.60. The van der Waals surface area contributed by atoms with Crippen molar-refractivity contribution in [3.8, 4) is 12.3 Å². The Balaban J connectivity index is 2.45. The van der Waals surface area contributed by atoms with E-state index in [-0.39, 0.29) is 18.2 Å². The summed E-state index contributed by atoms with van der Waals surface area (Å²) in [6.07, 6.45) is 6.37. The van der Waals surface area contributed by atoms with Gasteiger partial charge in [-0.2, -0.15) is 18.2 Å². The van der Waals surface area contributed by atoms with Gasteiger partial charge in [0.05, 0.1) is 5.75 Å². The van der Waals surface area contributed by atoms with Crippen molar-refractivity contribution >= 4 is 20.0 Å². The van der Waals surface area contributed by atoms with E-state index in [4.69, 9.17) is 6.42 Å². The molecule has 0 aromatic carbocycles. The smallest absolute Gasteiger partial charge is 0.297 e. The van der Waals surface area contributed by atoms with Crippen LogP contribution in [0.5, 0.6) is 0 Å². The van der Waals surface area contributed by atoms with E-state index in [1.54, 1.807) is 0 Å². The third-order valence-electron chi connectivity index (χ3n) is 2.56. The Morgan fingerprint density at radius 3 is 2.47 bits per heavy atom. The van der Waals surface area contributed by atoms with Crippen molar-refractivity contribution in [2.75, 3.05) is 23.9 Å². The third-order valence-corrected chi connectivity index (χ3v) is 6.33. The van der Waals surface area contributed by atoms with Crippen molar-refractivity contribution in [2.24, 2.45) is 0 Å². The van der Waals surface area contributed by atoms with Crippen LogP contribution in [0, 0.1) is 12.3 Å². The van der Waals surface area contributed by atoms with Crippen molar-refractivity contribution in [1.29, 1.82) is 0 Å². The topological polar surface area (TPSA) is 102 Å². The lowest BCUT2D eigenvalue weighted by Gasteiger charge is -2.22. The van der Waals surface area contributed by atoms with Gasteiger partial charge >= 0.3 is 0 Å². The molecule has 0 unspecified atom stereocenters. The molecule has 110 valence electrons. The Labute approximate surface area is 114 Å². The van der Waals surface area contributed by atoms with Gasteiger partial charge in [0.1, 0.15) is 0 Å². The van der Waals surface area contributed by atoms with Crippen LogP contribution in [0.15, 0.2) is 0 Å². The summed E-state index contributed by atoms with van der Waals surface area (Å²) in [4.78, 5) is 0. The zero-order valence-corrected chi connectivity index (χ0v) is 12.1. The van der Waals surface area contributed by atoms with Crippen LogP contribution in [0.25, 0.3) is 0 Å². The summed E-state index contributed by atoms with van der Waals surface area (Å²) in [5.74, 6) is 1.79. The van der Waals surface area contributed by atoms with Gasteiger partial charge in [0.15, 0.2) is 14.9 Å². The molecule has 9 heteroatoms. The summed E-state index contributed by atoms with van der Waals surface area (Å²) in [6, 6.07) is -0.0931. The number of piperidine rings is 1.